The number of alkyl halides is 1. The topological polar surface area (TPSA) is 9.23 Å². The van der Waals surface area contributed by atoms with Crippen molar-refractivity contribution in [3.05, 3.63) is 0 Å². The Balaban J connectivity index is 1.88. The molecule has 1 nitrogen and oxygen atoms in total. The summed E-state index contributed by atoms with van der Waals surface area (Å²) in [5.41, 5.74) is 0. The molecule has 0 aromatic carbocycles. The molecule has 0 radical (unpaired) electrons. The smallest absolute Gasteiger partial charge is 0.100 e. The Morgan fingerprint density at radius 2 is 2.31 bits per heavy atom. The van der Waals surface area contributed by atoms with Crippen LogP contribution in [-0.4, -0.2) is 18.9 Å². The molecule has 0 N–H and O–H groups in total. The van der Waals surface area contributed by atoms with Crippen LogP contribution in [0.25, 0.3) is 0 Å². The van der Waals surface area contributed by atoms with Gasteiger partial charge in [-0.1, -0.05) is 13.3 Å². The van der Waals surface area contributed by atoms with Gasteiger partial charge < -0.3 is 4.52 Å². The molecule has 0 bridgehead atoms. The maximum Gasteiger partial charge on any atom is 0.100 e. The minimum atomic E-state index is -0.549. The summed E-state index contributed by atoms with van der Waals surface area (Å²) >= 11 is 0. The molecular weight excluding hydrogens is 186 g/mol. The standard InChI is InChI=1S/C10H20FOP/c1-2-3-6-13-12-8-9-4-5-10(11)7-9/h9-10,13H,2-8H2,1H3. The first-order valence-corrected chi connectivity index (χ1v) is 6.43. The Bertz CT molecular complexity index is 132. The molecule has 1 fully saturated rings. The lowest BCUT2D eigenvalue weighted by molar-refractivity contribution is 0.263. The third-order valence-corrected chi connectivity index (χ3v) is 3.46. The van der Waals surface area contributed by atoms with Crippen LogP contribution in [0.2, 0.25) is 0 Å². The van der Waals surface area contributed by atoms with E-state index in [0.29, 0.717) is 14.7 Å². The second-order valence-corrected chi connectivity index (χ2v) is 4.91. The van der Waals surface area contributed by atoms with Gasteiger partial charge in [0, 0.05) is 8.81 Å². The summed E-state index contributed by atoms with van der Waals surface area (Å²) in [5.74, 6) is 0.504. The van der Waals surface area contributed by atoms with Gasteiger partial charge in [-0.3, -0.25) is 0 Å². The first-order chi connectivity index (χ1) is 6.33. The van der Waals surface area contributed by atoms with Crippen LogP contribution >= 0.6 is 8.81 Å². The highest BCUT2D eigenvalue weighted by molar-refractivity contribution is 7.32. The predicted octanol–water partition coefficient (Wildman–Crippen LogP) is 3.53. The minimum Gasteiger partial charge on any atom is -0.362 e. The summed E-state index contributed by atoms with van der Waals surface area (Å²) in [7, 11) is 0.635. The highest BCUT2D eigenvalue weighted by atomic mass is 31.1. The van der Waals surface area contributed by atoms with Crippen molar-refractivity contribution in [3.63, 3.8) is 0 Å². The number of halogens is 1. The SMILES string of the molecule is CCCCPOCC1CCC(F)C1. The van der Waals surface area contributed by atoms with Crippen LogP contribution in [0.4, 0.5) is 4.39 Å². The van der Waals surface area contributed by atoms with Gasteiger partial charge in [-0.15, -0.1) is 0 Å². The molecule has 1 aliphatic rings. The van der Waals surface area contributed by atoms with Crippen molar-refractivity contribution in [2.75, 3.05) is 12.8 Å². The average Bonchev–Trinajstić information content (AvgIpc) is 2.51. The zero-order valence-electron chi connectivity index (χ0n) is 8.39. The van der Waals surface area contributed by atoms with Crippen LogP contribution in [-0.2, 0) is 4.52 Å². The van der Waals surface area contributed by atoms with Crippen molar-refractivity contribution in [1.29, 1.82) is 0 Å². The summed E-state index contributed by atoms with van der Waals surface area (Å²) in [6, 6.07) is 0. The van der Waals surface area contributed by atoms with Crippen LogP contribution in [0.15, 0.2) is 0 Å². The minimum absolute atomic E-state index is 0.504. The van der Waals surface area contributed by atoms with Crippen LogP contribution in [0.5, 0.6) is 0 Å². The van der Waals surface area contributed by atoms with Gasteiger partial charge in [-0.25, -0.2) is 4.39 Å². The van der Waals surface area contributed by atoms with Crippen LogP contribution < -0.4 is 0 Å². The van der Waals surface area contributed by atoms with Crippen molar-refractivity contribution >= 4 is 8.81 Å². The summed E-state index contributed by atoms with van der Waals surface area (Å²) < 4.78 is 18.3. The lowest BCUT2D eigenvalue weighted by Gasteiger charge is -2.08. The molecule has 13 heavy (non-hydrogen) atoms. The molecule has 1 saturated carbocycles. The summed E-state index contributed by atoms with van der Waals surface area (Å²) in [6.07, 6.45) is 5.65. The maximum absolute atomic E-state index is 12.8. The van der Waals surface area contributed by atoms with E-state index in [2.05, 4.69) is 6.92 Å². The first kappa shape index (κ1) is 11.4. The normalized spacial score (nSPS) is 29.1. The molecule has 0 aliphatic heterocycles. The first-order valence-electron chi connectivity index (χ1n) is 5.31. The molecule has 0 aromatic heterocycles. The van der Waals surface area contributed by atoms with E-state index in [1.165, 1.54) is 19.0 Å². The zero-order chi connectivity index (χ0) is 9.52. The molecule has 3 heteroatoms. The van der Waals surface area contributed by atoms with E-state index in [0.717, 1.165) is 25.9 Å². The largest absolute Gasteiger partial charge is 0.362 e. The van der Waals surface area contributed by atoms with E-state index in [9.17, 15) is 4.39 Å². The molecular formula is C10H20FOP. The van der Waals surface area contributed by atoms with E-state index < -0.39 is 6.17 Å². The average molecular weight is 206 g/mol. The molecule has 0 aromatic rings. The second kappa shape index (κ2) is 6.73. The van der Waals surface area contributed by atoms with Crippen molar-refractivity contribution in [3.8, 4) is 0 Å². The summed E-state index contributed by atoms with van der Waals surface area (Å²) in [4.78, 5) is 0. The third kappa shape index (κ3) is 4.93. The molecule has 1 aliphatic carbocycles. The molecule has 78 valence electrons. The Kier molecular flexibility index (Phi) is 5.90. The Morgan fingerprint density at radius 3 is 2.92 bits per heavy atom. The van der Waals surface area contributed by atoms with Gasteiger partial charge in [-0.2, -0.15) is 0 Å². The van der Waals surface area contributed by atoms with Crippen LogP contribution in [0.1, 0.15) is 39.0 Å². The van der Waals surface area contributed by atoms with Gasteiger partial charge in [0.1, 0.15) is 6.17 Å². The van der Waals surface area contributed by atoms with Crippen LogP contribution in [0.3, 0.4) is 0 Å². The molecule has 0 amide bonds. The fraction of sp³-hybridized carbons (Fsp3) is 1.00. The fourth-order valence-electron chi connectivity index (χ4n) is 1.66. The van der Waals surface area contributed by atoms with Gasteiger partial charge in [0.05, 0.1) is 6.61 Å². The van der Waals surface area contributed by atoms with Gasteiger partial charge in [0.15, 0.2) is 0 Å². The quantitative estimate of drug-likeness (QED) is 0.477. The Labute approximate surface area is 82.3 Å². The van der Waals surface area contributed by atoms with E-state index in [4.69, 9.17) is 4.52 Å². The zero-order valence-corrected chi connectivity index (χ0v) is 9.39. The van der Waals surface area contributed by atoms with Crippen molar-refractivity contribution in [1.82, 2.24) is 0 Å². The lowest BCUT2D eigenvalue weighted by atomic mass is 10.1. The monoisotopic (exact) mass is 206 g/mol. The molecule has 0 spiro atoms. The number of rotatable bonds is 6. The van der Waals surface area contributed by atoms with Gasteiger partial charge in [-0.05, 0) is 37.8 Å². The predicted molar refractivity (Wildman–Crippen MR) is 56.3 cm³/mol. The van der Waals surface area contributed by atoms with Crippen molar-refractivity contribution in [2.45, 2.75) is 45.2 Å². The van der Waals surface area contributed by atoms with Gasteiger partial charge in [0.2, 0.25) is 0 Å². The molecule has 3 atom stereocenters. The molecule has 0 heterocycles. The molecule has 1 rings (SSSR count). The molecule has 3 unspecified atom stereocenters. The highest BCUT2D eigenvalue weighted by Crippen LogP contribution is 2.29. The number of hydrogen-bond donors (Lipinski definition) is 0. The number of unbranched alkanes of at least 4 members (excludes halogenated alkanes) is 1. The van der Waals surface area contributed by atoms with E-state index >= 15 is 0 Å². The number of hydrogen-bond acceptors (Lipinski definition) is 1. The van der Waals surface area contributed by atoms with E-state index in [-0.39, 0.29) is 0 Å². The Morgan fingerprint density at radius 1 is 1.46 bits per heavy atom. The third-order valence-electron chi connectivity index (χ3n) is 2.53. The van der Waals surface area contributed by atoms with Crippen LogP contribution in [0, 0.1) is 5.92 Å². The second-order valence-electron chi connectivity index (χ2n) is 3.84. The summed E-state index contributed by atoms with van der Waals surface area (Å²) in [6.45, 7) is 2.98. The summed E-state index contributed by atoms with van der Waals surface area (Å²) in [5, 5.41) is 0. The highest BCUT2D eigenvalue weighted by Gasteiger charge is 2.23. The van der Waals surface area contributed by atoms with Gasteiger partial charge in [0.25, 0.3) is 0 Å². The fourth-order valence-corrected chi connectivity index (χ4v) is 2.66. The maximum atomic E-state index is 12.8. The lowest BCUT2D eigenvalue weighted by Crippen LogP contribution is -2.02. The molecule has 0 saturated heterocycles. The van der Waals surface area contributed by atoms with Crippen molar-refractivity contribution < 1.29 is 8.91 Å². The Hall–Kier alpha value is 0.320. The van der Waals surface area contributed by atoms with Crippen molar-refractivity contribution in [2.24, 2.45) is 5.92 Å². The van der Waals surface area contributed by atoms with E-state index in [1.54, 1.807) is 0 Å². The van der Waals surface area contributed by atoms with Gasteiger partial charge >= 0.3 is 0 Å². The van der Waals surface area contributed by atoms with E-state index in [1.807, 2.05) is 0 Å².